The maximum absolute atomic E-state index is 4.34. The fraction of sp³-hybridized carbons (Fsp3) is 0.438. The van der Waals surface area contributed by atoms with Crippen molar-refractivity contribution in [1.82, 2.24) is 15.2 Å². The lowest BCUT2D eigenvalue weighted by atomic mass is 10.1. The van der Waals surface area contributed by atoms with Gasteiger partial charge in [0.2, 0.25) is 0 Å². The van der Waals surface area contributed by atoms with Gasteiger partial charge in [-0.15, -0.1) is 0 Å². The summed E-state index contributed by atoms with van der Waals surface area (Å²) in [6.07, 6.45) is 1.84. The standard InChI is InChI=1S/C16H23N3/c1-3-19(4-2)11-10-17-13-14-7-8-16-15(12-14)6-5-9-18-16/h5-9,12,17H,3-4,10-11,13H2,1-2H3. The van der Waals surface area contributed by atoms with Crippen molar-refractivity contribution in [2.75, 3.05) is 26.2 Å². The molecule has 0 bridgehead atoms. The van der Waals surface area contributed by atoms with Crippen molar-refractivity contribution >= 4 is 10.9 Å². The number of benzene rings is 1. The first-order valence-electron chi connectivity index (χ1n) is 7.10. The molecule has 0 fully saturated rings. The van der Waals surface area contributed by atoms with Crippen LogP contribution in [-0.2, 0) is 6.54 Å². The van der Waals surface area contributed by atoms with Gasteiger partial charge in [0.1, 0.15) is 0 Å². The minimum Gasteiger partial charge on any atom is -0.311 e. The molecule has 0 unspecified atom stereocenters. The summed E-state index contributed by atoms with van der Waals surface area (Å²) in [6, 6.07) is 10.6. The second kappa shape index (κ2) is 7.22. The molecular formula is C16H23N3. The zero-order valence-corrected chi connectivity index (χ0v) is 11.9. The van der Waals surface area contributed by atoms with Crippen LogP contribution in [0.15, 0.2) is 36.5 Å². The Kier molecular flexibility index (Phi) is 5.31. The van der Waals surface area contributed by atoms with Crippen LogP contribution >= 0.6 is 0 Å². The Bertz CT molecular complexity index is 506. The molecule has 0 radical (unpaired) electrons. The van der Waals surface area contributed by atoms with Crippen LogP contribution < -0.4 is 5.32 Å². The largest absolute Gasteiger partial charge is 0.311 e. The summed E-state index contributed by atoms with van der Waals surface area (Å²) in [5.41, 5.74) is 2.38. The molecule has 1 N–H and O–H groups in total. The first-order chi connectivity index (χ1) is 9.33. The molecule has 0 amide bonds. The highest BCUT2D eigenvalue weighted by Gasteiger charge is 1.99. The van der Waals surface area contributed by atoms with Gasteiger partial charge in [-0.25, -0.2) is 0 Å². The van der Waals surface area contributed by atoms with Gasteiger partial charge in [-0.2, -0.15) is 0 Å². The van der Waals surface area contributed by atoms with E-state index in [4.69, 9.17) is 0 Å². The van der Waals surface area contributed by atoms with Gasteiger partial charge in [0, 0.05) is 31.2 Å². The van der Waals surface area contributed by atoms with Crippen LogP contribution in [0.25, 0.3) is 10.9 Å². The fourth-order valence-corrected chi connectivity index (χ4v) is 2.24. The molecule has 19 heavy (non-hydrogen) atoms. The van der Waals surface area contributed by atoms with Crippen molar-refractivity contribution in [2.24, 2.45) is 0 Å². The lowest BCUT2D eigenvalue weighted by Crippen LogP contribution is -2.31. The Morgan fingerprint density at radius 3 is 2.79 bits per heavy atom. The molecule has 0 aliphatic rings. The van der Waals surface area contributed by atoms with Crippen LogP contribution in [0.1, 0.15) is 19.4 Å². The van der Waals surface area contributed by atoms with Gasteiger partial charge in [-0.05, 0) is 36.9 Å². The third-order valence-corrected chi connectivity index (χ3v) is 3.50. The van der Waals surface area contributed by atoms with Gasteiger partial charge in [0.15, 0.2) is 0 Å². The molecule has 0 atom stereocenters. The monoisotopic (exact) mass is 257 g/mol. The van der Waals surface area contributed by atoms with Crippen molar-refractivity contribution in [1.29, 1.82) is 0 Å². The van der Waals surface area contributed by atoms with Gasteiger partial charge < -0.3 is 10.2 Å². The van der Waals surface area contributed by atoms with E-state index < -0.39 is 0 Å². The quantitative estimate of drug-likeness (QED) is 0.773. The van der Waals surface area contributed by atoms with E-state index in [2.05, 4.69) is 53.3 Å². The molecule has 1 aromatic heterocycles. The summed E-state index contributed by atoms with van der Waals surface area (Å²) < 4.78 is 0. The number of nitrogens with one attached hydrogen (secondary N) is 1. The molecule has 2 aromatic rings. The molecule has 2 rings (SSSR count). The fourth-order valence-electron chi connectivity index (χ4n) is 2.24. The molecule has 102 valence electrons. The average molecular weight is 257 g/mol. The van der Waals surface area contributed by atoms with Crippen molar-refractivity contribution in [3.63, 3.8) is 0 Å². The molecule has 3 nitrogen and oxygen atoms in total. The molecule has 1 aromatic carbocycles. The Balaban J connectivity index is 1.84. The van der Waals surface area contributed by atoms with Crippen molar-refractivity contribution < 1.29 is 0 Å². The first-order valence-corrected chi connectivity index (χ1v) is 7.10. The lowest BCUT2D eigenvalue weighted by Gasteiger charge is -2.18. The van der Waals surface area contributed by atoms with Crippen molar-refractivity contribution in [3.05, 3.63) is 42.1 Å². The van der Waals surface area contributed by atoms with Crippen LogP contribution in [0.2, 0.25) is 0 Å². The lowest BCUT2D eigenvalue weighted by molar-refractivity contribution is 0.302. The van der Waals surface area contributed by atoms with E-state index in [1.165, 1.54) is 10.9 Å². The SMILES string of the molecule is CCN(CC)CCNCc1ccc2ncccc2c1. The van der Waals surface area contributed by atoms with Crippen molar-refractivity contribution in [2.45, 2.75) is 20.4 Å². The Hall–Kier alpha value is -1.45. The number of fused-ring (bicyclic) bond motifs is 1. The zero-order chi connectivity index (χ0) is 13.5. The number of aromatic nitrogens is 1. The Morgan fingerprint density at radius 1 is 1.16 bits per heavy atom. The number of pyridine rings is 1. The van der Waals surface area contributed by atoms with Gasteiger partial charge in [-0.3, -0.25) is 4.98 Å². The number of hydrogen-bond donors (Lipinski definition) is 1. The molecule has 0 spiro atoms. The number of likely N-dealkylation sites (N-methyl/N-ethyl adjacent to an activating group) is 1. The Morgan fingerprint density at radius 2 is 2.00 bits per heavy atom. The van der Waals surface area contributed by atoms with E-state index in [0.717, 1.165) is 38.2 Å². The molecule has 1 heterocycles. The van der Waals surface area contributed by atoms with Gasteiger partial charge in [0.25, 0.3) is 0 Å². The smallest absolute Gasteiger partial charge is 0.0702 e. The van der Waals surface area contributed by atoms with E-state index in [-0.39, 0.29) is 0 Å². The zero-order valence-electron chi connectivity index (χ0n) is 11.9. The minimum absolute atomic E-state index is 0.923. The average Bonchev–Trinajstić information content (AvgIpc) is 2.47. The summed E-state index contributed by atoms with van der Waals surface area (Å²) in [5.74, 6) is 0. The highest BCUT2D eigenvalue weighted by atomic mass is 15.1. The molecule has 0 saturated carbocycles. The number of rotatable bonds is 7. The summed E-state index contributed by atoms with van der Waals surface area (Å²) in [5, 5.41) is 4.72. The topological polar surface area (TPSA) is 28.2 Å². The van der Waals surface area contributed by atoms with Crippen LogP contribution in [-0.4, -0.2) is 36.1 Å². The normalized spacial score (nSPS) is 11.3. The first kappa shape index (κ1) is 14.0. The van der Waals surface area contributed by atoms with Crippen LogP contribution in [0, 0.1) is 0 Å². The van der Waals surface area contributed by atoms with E-state index in [1.54, 1.807) is 0 Å². The van der Waals surface area contributed by atoms with E-state index in [0.29, 0.717) is 0 Å². The maximum Gasteiger partial charge on any atom is 0.0702 e. The van der Waals surface area contributed by atoms with Crippen LogP contribution in [0.5, 0.6) is 0 Å². The highest BCUT2D eigenvalue weighted by Crippen LogP contribution is 2.12. The molecule has 0 aliphatic carbocycles. The minimum atomic E-state index is 0.923. The third-order valence-electron chi connectivity index (χ3n) is 3.50. The maximum atomic E-state index is 4.34. The van der Waals surface area contributed by atoms with Crippen molar-refractivity contribution in [3.8, 4) is 0 Å². The highest BCUT2D eigenvalue weighted by molar-refractivity contribution is 5.78. The van der Waals surface area contributed by atoms with Gasteiger partial charge >= 0.3 is 0 Å². The Labute approximate surface area is 115 Å². The van der Waals surface area contributed by atoms with Gasteiger partial charge in [-0.1, -0.05) is 26.0 Å². The van der Waals surface area contributed by atoms with Crippen LogP contribution in [0.4, 0.5) is 0 Å². The van der Waals surface area contributed by atoms with E-state index in [1.807, 2.05) is 12.3 Å². The predicted octanol–water partition coefficient (Wildman–Crippen LogP) is 2.67. The summed E-state index contributed by atoms with van der Waals surface area (Å²) in [7, 11) is 0. The van der Waals surface area contributed by atoms with Gasteiger partial charge in [0.05, 0.1) is 5.52 Å². The number of nitrogens with zero attached hydrogens (tertiary/aromatic N) is 2. The third kappa shape index (κ3) is 4.01. The second-order valence-corrected chi connectivity index (χ2v) is 4.73. The number of hydrogen-bond acceptors (Lipinski definition) is 3. The second-order valence-electron chi connectivity index (χ2n) is 4.73. The molecular weight excluding hydrogens is 234 g/mol. The summed E-state index contributed by atoms with van der Waals surface area (Å²) in [4.78, 5) is 6.76. The molecule has 0 saturated heterocycles. The van der Waals surface area contributed by atoms with E-state index >= 15 is 0 Å². The van der Waals surface area contributed by atoms with Crippen LogP contribution in [0.3, 0.4) is 0 Å². The summed E-state index contributed by atoms with van der Waals surface area (Å²) >= 11 is 0. The molecule has 0 aliphatic heterocycles. The molecule has 3 heteroatoms. The summed E-state index contributed by atoms with van der Waals surface area (Å²) in [6.45, 7) is 9.74. The predicted molar refractivity (Wildman–Crippen MR) is 81.2 cm³/mol. The van der Waals surface area contributed by atoms with E-state index in [9.17, 15) is 0 Å².